The average molecular weight is 336 g/mol. The average Bonchev–Trinajstić information content (AvgIpc) is 2.37. The van der Waals surface area contributed by atoms with Crippen molar-refractivity contribution in [2.75, 3.05) is 5.32 Å². The molecule has 0 bridgehead atoms. The van der Waals surface area contributed by atoms with E-state index >= 15 is 0 Å². The van der Waals surface area contributed by atoms with Gasteiger partial charge in [0.2, 0.25) is 0 Å². The maximum Gasteiger partial charge on any atom is 0.127 e. The maximum atomic E-state index is 5.65. The fourth-order valence-electron chi connectivity index (χ4n) is 1.70. The Morgan fingerprint density at radius 1 is 1.32 bits per heavy atom. The summed E-state index contributed by atoms with van der Waals surface area (Å²) in [6.07, 6.45) is 0. The van der Waals surface area contributed by atoms with E-state index < -0.39 is 0 Å². The normalized spacial score (nSPS) is 10.2. The number of aryl methyl sites for hydroxylation is 1. The number of hydrogen-bond acceptors (Lipinski definition) is 3. The van der Waals surface area contributed by atoms with Crippen LogP contribution in [0.1, 0.15) is 16.8 Å². The molecule has 0 fully saturated rings. The first kappa shape index (κ1) is 14.0. The Labute approximate surface area is 126 Å². The van der Waals surface area contributed by atoms with E-state index in [9.17, 15) is 0 Å². The summed E-state index contributed by atoms with van der Waals surface area (Å²) in [5.74, 6) is 0.783. The van der Waals surface area contributed by atoms with E-state index in [-0.39, 0.29) is 0 Å². The summed E-state index contributed by atoms with van der Waals surface area (Å²) >= 11 is 8.41. The Morgan fingerprint density at radius 2 is 2.00 bits per heavy atom. The van der Waals surface area contributed by atoms with Gasteiger partial charge in [-0.25, -0.2) is 4.98 Å². The lowest BCUT2D eigenvalue weighted by Gasteiger charge is -2.09. The monoisotopic (exact) mass is 335 g/mol. The number of anilines is 1. The van der Waals surface area contributed by atoms with Crippen LogP contribution in [0.25, 0.3) is 0 Å². The molecule has 1 heterocycles. The molecule has 2 rings (SSSR count). The van der Waals surface area contributed by atoms with Crippen molar-refractivity contribution in [3.63, 3.8) is 0 Å². The van der Waals surface area contributed by atoms with Gasteiger partial charge in [-0.2, -0.15) is 0 Å². The summed E-state index contributed by atoms with van der Waals surface area (Å²) in [6, 6.07) is 11.9. The van der Waals surface area contributed by atoms with Crippen molar-refractivity contribution in [1.29, 1.82) is 0 Å². The molecular weight excluding hydrogens is 322 g/mol. The van der Waals surface area contributed by atoms with Gasteiger partial charge < -0.3 is 11.1 Å². The molecule has 3 N–H and O–H groups in total. The van der Waals surface area contributed by atoms with Crippen LogP contribution in [0.15, 0.2) is 40.9 Å². The van der Waals surface area contributed by atoms with Crippen LogP contribution in [0.2, 0.25) is 0 Å². The van der Waals surface area contributed by atoms with Gasteiger partial charge in [-0.05, 0) is 36.8 Å². The fourth-order valence-corrected chi connectivity index (χ4v) is 2.08. The molecule has 0 aliphatic carbocycles. The minimum absolute atomic E-state index is 0.386. The molecule has 1 aromatic heterocycles. The molecule has 0 spiro atoms. The highest BCUT2D eigenvalue weighted by molar-refractivity contribution is 9.10. The zero-order chi connectivity index (χ0) is 13.8. The van der Waals surface area contributed by atoms with Crippen LogP contribution < -0.4 is 11.1 Å². The third-order valence-electron chi connectivity index (χ3n) is 2.62. The topological polar surface area (TPSA) is 50.9 Å². The second-order valence-corrected chi connectivity index (χ2v) is 5.58. The Bertz CT molecular complexity index is 596. The Hall–Kier alpha value is -1.46. The van der Waals surface area contributed by atoms with Crippen molar-refractivity contribution in [2.24, 2.45) is 5.73 Å². The largest absolute Gasteiger partial charge is 0.389 e. The van der Waals surface area contributed by atoms with E-state index in [1.54, 1.807) is 0 Å². The molecule has 2 aromatic rings. The summed E-state index contributed by atoms with van der Waals surface area (Å²) in [4.78, 5) is 4.80. The van der Waals surface area contributed by atoms with Gasteiger partial charge in [0.25, 0.3) is 0 Å². The zero-order valence-corrected chi connectivity index (χ0v) is 12.9. The summed E-state index contributed by atoms with van der Waals surface area (Å²) in [5, 5.41) is 3.27. The van der Waals surface area contributed by atoms with E-state index in [0.717, 1.165) is 21.5 Å². The molecule has 1 aromatic carbocycles. The number of rotatable bonds is 4. The molecule has 98 valence electrons. The first-order valence-electron chi connectivity index (χ1n) is 5.81. The smallest absolute Gasteiger partial charge is 0.127 e. The standard InChI is InChI=1S/C14H14BrN3S/c1-9-6-11(14(16)19)7-13(18-9)17-8-10-2-4-12(15)5-3-10/h2-7H,8H2,1H3,(H2,16,19)(H,17,18). The summed E-state index contributed by atoms with van der Waals surface area (Å²) in [7, 11) is 0. The minimum atomic E-state index is 0.386. The molecule has 0 atom stereocenters. The molecule has 5 heteroatoms. The van der Waals surface area contributed by atoms with E-state index in [0.29, 0.717) is 11.5 Å². The van der Waals surface area contributed by atoms with Crippen LogP contribution in [-0.4, -0.2) is 9.97 Å². The van der Waals surface area contributed by atoms with Crippen LogP contribution in [0.4, 0.5) is 5.82 Å². The summed E-state index contributed by atoms with van der Waals surface area (Å²) in [5.41, 5.74) is 8.56. The lowest BCUT2D eigenvalue weighted by Crippen LogP contribution is -2.11. The highest BCUT2D eigenvalue weighted by atomic mass is 79.9. The lowest BCUT2D eigenvalue weighted by atomic mass is 10.2. The number of thiocarbonyl (C=S) groups is 1. The van der Waals surface area contributed by atoms with Crippen molar-refractivity contribution in [3.05, 3.63) is 57.7 Å². The molecule has 0 aliphatic rings. The number of nitrogens with zero attached hydrogens (tertiary/aromatic N) is 1. The van der Waals surface area contributed by atoms with Gasteiger partial charge in [0, 0.05) is 22.3 Å². The van der Waals surface area contributed by atoms with Gasteiger partial charge >= 0.3 is 0 Å². The van der Waals surface area contributed by atoms with Crippen LogP contribution >= 0.6 is 28.1 Å². The number of aromatic nitrogens is 1. The molecule has 0 radical (unpaired) electrons. The SMILES string of the molecule is Cc1cc(C(N)=S)cc(NCc2ccc(Br)cc2)n1. The van der Waals surface area contributed by atoms with Crippen LogP contribution in [0.5, 0.6) is 0 Å². The number of pyridine rings is 1. The Balaban J connectivity index is 2.11. The van der Waals surface area contributed by atoms with Crippen LogP contribution in [0.3, 0.4) is 0 Å². The number of benzene rings is 1. The second-order valence-electron chi connectivity index (χ2n) is 4.23. The predicted molar refractivity (Wildman–Crippen MR) is 86.3 cm³/mol. The van der Waals surface area contributed by atoms with Gasteiger partial charge in [-0.15, -0.1) is 0 Å². The van der Waals surface area contributed by atoms with E-state index in [1.165, 1.54) is 5.56 Å². The van der Waals surface area contributed by atoms with E-state index in [1.807, 2.05) is 31.2 Å². The van der Waals surface area contributed by atoms with Gasteiger partial charge in [-0.3, -0.25) is 0 Å². The van der Waals surface area contributed by atoms with E-state index in [4.69, 9.17) is 18.0 Å². The molecule has 0 aliphatic heterocycles. The molecule has 0 saturated carbocycles. The highest BCUT2D eigenvalue weighted by Gasteiger charge is 2.02. The molecule has 0 saturated heterocycles. The maximum absolute atomic E-state index is 5.65. The van der Waals surface area contributed by atoms with Gasteiger partial charge in [0.15, 0.2) is 0 Å². The van der Waals surface area contributed by atoms with Gasteiger partial charge in [0.1, 0.15) is 10.8 Å². The molecule has 0 amide bonds. The third-order valence-corrected chi connectivity index (χ3v) is 3.39. The number of hydrogen-bond donors (Lipinski definition) is 2. The van der Waals surface area contributed by atoms with Crippen LogP contribution in [-0.2, 0) is 6.54 Å². The number of halogens is 1. The molecule has 19 heavy (non-hydrogen) atoms. The first-order valence-corrected chi connectivity index (χ1v) is 7.01. The van der Waals surface area contributed by atoms with Crippen molar-refractivity contribution in [2.45, 2.75) is 13.5 Å². The number of nitrogens with two attached hydrogens (primary N) is 1. The van der Waals surface area contributed by atoms with Crippen molar-refractivity contribution < 1.29 is 0 Å². The van der Waals surface area contributed by atoms with Crippen molar-refractivity contribution >= 4 is 39.0 Å². The Kier molecular flexibility index (Phi) is 4.50. The quantitative estimate of drug-likeness (QED) is 0.841. The lowest BCUT2D eigenvalue weighted by molar-refractivity contribution is 1.09. The van der Waals surface area contributed by atoms with Gasteiger partial charge in [-0.1, -0.05) is 40.3 Å². The van der Waals surface area contributed by atoms with Gasteiger partial charge in [0.05, 0.1) is 0 Å². The van der Waals surface area contributed by atoms with E-state index in [2.05, 4.69) is 38.4 Å². The fraction of sp³-hybridized carbons (Fsp3) is 0.143. The number of nitrogens with one attached hydrogen (secondary N) is 1. The van der Waals surface area contributed by atoms with Crippen molar-refractivity contribution in [3.8, 4) is 0 Å². The van der Waals surface area contributed by atoms with Crippen LogP contribution in [0, 0.1) is 6.92 Å². The van der Waals surface area contributed by atoms with Crippen molar-refractivity contribution in [1.82, 2.24) is 4.98 Å². The first-order chi connectivity index (χ1) is 9.04. The minimum Gasteiger partial charge on any atom is -0.389 e. The molecular formula is C14H14BrN3S. The zero-order valence-electron chi connectivity index (χ0n) is 10.5. The Morgan fingerprint density at radius 3 is 2.63 bits per heavy atom. The summed E-state index contributed by atoms with van der Waals surface area (Å²) < 4.78 is 1.07. The molecule has 3 nitrogen and oxygen atoms in total. The predicted octanol–water partition coefficient (Wildman–Crippen LogP) is 3.40. The summed E-state index contributed by atoms with van der Waals surface area (Å²) in [6.45, 7) is 2.63. The third kappa shape index (κ3) is 4.01. The molecule has 0 unspecified atom stereocenters. The second kappa shape index (κ2) is 6.12. The highest BCUT2D eigenvalue weighted by Crippen LogP contribution is 2.14.